The normalized spacial score (nSPS) is 10.2. The van der Waals surface area contributed by atoms with Crippen LogP contribution in [0.5, 0.6) is 0 Å². The Morgan fingerprint density at radius 1 is 1.50 bits per heavy atom. The molecule has 0 saturated heterocycles. The van der Waals surface area contributed by atoms with E-state index >= 15 is 0 Å². The smallest absolute Gasteiger partial charge is 0.304 e. The topological polar surface area (TPSA) is 117 Å². The van der Waals surface area contributed by atoms with Gasteiger partial charge in [0.15, 0.2) is 5.82 Å². The SMILES string of the molecule is Nc1c(NCc2csc(=O)[nH]2)nc[nH]c1=O. The molecule has 0 aliphatic rings. The minimum atomic E-state index is -0.392. The maximum atomic E-state index is 11.1. The molecule has 0 aliphatic heterocycles. The molecular formula is C8H9N5O2S. The van der Waals surface area contributed by atoms with Gasteiger partial charge in [-0.05, 0) is 0 Å². The van der Waals surface area contributed by atoms with Crippen LogP contribution in [0.1, 0.15) is 5.69 Å². The second-order valence-electron chi connectivity index (χ2n) is 3.02. The van der Waals surface area contributed by atoms with Crippen LogP contribution in [0, 0.1) is 0 Å². The molecule has 2 aromatic rings. The highest BCUT2D eigenvalue weighted by Gasteiger charge is 2.04. The van der Waals surface area contributed by atoms with Crippen LogP contribution in [0.2, 0.25) is 0 Å². The molecule has 0 aromatic carbocycles. The molecule has 5 N–H and O–H groups in total. The Balaban J connectivity index is 2.13. The van der Waals surface area contributed by atoms with Gasteiger partial charge >= 0.3 is 4.87 Å². The van der Waals surface area contributed by atoms with Gasteiger partial charge in [0, 0.05) is 11.1 Å². The molecule has 0 amide bonds. The Kier molecular flexibility index (Phi) is 2.73. The first kappa shape index (κ1) is 10.4. The zero-order valence-corrected chi connectivity index (χ0v) is 8.93. The lowest BCUT2D eigenvalue weighted by atomic mass is 10.4. The van der Waals surface area contributed by atoms with E-state index in [9.17, 15) is 9.59 Å². The average Bonchev–Trinajstić information content (AvgIpc) is 2.67. The van der Waals surface area contributed by atoms with E-state index in [2.05, 4.69) is 20.3 Å². The molecule has 84 valence electrons. The van der Waals surface area contributed by atoms with E-state index in [1.807, 2.05) is 0 Å². The van der Waals surface area contributed by atoms with Gasteiger partial charge in [0.25, 0.3) is 5.56 Å². The molecule has 0 radical (unpaired) electrons. The predicted molar refractivity (Wildman–Crippen MR) is 61.5 cm³/mol. The highest BCUT2D eigenvalue weighted by atomic mass is 32.1. The quantitative estimate of drug-likeness (QED) is 0.587. The first-order chi connectivity index (χ1) is 7.66. The fourth-order valence-electron chi connectivity index (χ4n) is 1.13. The van der Waals surface area contributed by atoms with Crippen LogP contribution in [0.4, 0.5) is 11.5 Å². The highest BCUT2D eigenvalue weighted by Crippen LogP contribution is 2.08. The van der Waals surface area contributed by atoms with Gasteiger partial charge in [-0.15, -0.1) is 0 Å². The summed E-state index contributed by atoms with van der Waals surface area (Å²) in [6.45, 7) is 0.361. The first-order valence-corrected chi connectivity index (χ1v) is 5.28. The molecule has 2 aromatic heterocycles. The maximum absolute atomic E-state index is 11.1. The number of hydrogen-bond donors (Lipinski definition) is 4. The number of aromatic nitrogens is 3. The number of hydrogen-bond acceptors (Lipinski definition) is 6. The average molecular weight is 239 g/mol. The van der Waals surface area contributed by atoms with E-state index < -0.39 is 5.56 Å². The zero-order chi connectivity index (χ0) is 11.5. The summed E-state index contributed by atoms with van der Waals surface area (Å²) in [5.74, 6) is 0.302. The van der Waals surface area contributed by atoms with Crippen LogP contribution in [0.3, 0.4) is 0 Å². The van der Waals surface area contributed by atoms with Crippen molar-refractivity contribution in [3.63, 3.8) is 0 Å². The molecule has 0 unspecified atom stereocenters. The van der Waals surface area contributed by atoms with Crippen molar-refractivity contribution < 1.29 is 0 Å². The molecular weight excluding hydrogens is 230 g/mol. The van der Waals surface area contributed by atoms with Gasteiger partial charge in [-0.2, -0.15) is 0 Å². The van der Waals surface area contributed by atoms with Crippen molar-refractivity contribution in [2.75, 3.05) is 11.1 Å². The van der Waals surface area contributed by atoms with E-state index in [0.29, 0.717) is 12.4 Å². The highest BCUT2D eigenvalue weighted by molar-refractivity contribution is 7.07. The van der Waals surface area contributed by atoms with E-state index in [0.717, 1.165) is 17.0 Å². The van der Waals surface area contributed by atoms with Gasteiger partial charge in [0.05, 0.1) is 12.9 Å². The fourth-order valence-corrected chi connectivity index (χ4v) is 1.71. The van der Waals surface area contributed by atoms with Crippen molar-refractivity contribution in [2.45, 2.75) is 6.54 Å². The number of anilines is 2. The van der Waals surface area contributed by atoms with E-state index in [1.54, 1.807) is 5.38 Å². The number of nitrogens with two attached hydrogens (primary N) is 1. The summed E-state index contributed by atoms with van der Waals surface area (Å²) in [7, 11) is 0. The third-order valence-corrected chi connectivity index (χ3v) is 2.62. The molecule has 8 heteroatoms. The Labute approximate surface area is 93.4 Å². The zero-order valence-electron chi connectivity index (χ0n) is 8.11. The third kappa shape index (κ3) is 2.11. The molecule has 0 bridgehead atoms. The summed E-state index contributed by atoms with van der Waals surface area (Å²) in [5.41, 5.74) is 5.87. The van der Waals surface area contributed by atoms with E-state index in [1.165, 1.54) is 6.33 Å². The molecule has 0 spiro atoms. The van der Waals surface area contributed by atoms with E-state index in [4.69, 9.17) is 5.73 Å². The number of aromatic amines is 2. The minimum Gasteiger partial charge on any atom is -0.391 e. The van der Waals surface area contributed by atoms with Crippen molar-refractivity contribution in [1.82, 2.24) is 15.0 Å². The monoisotopic (exact) mass is 239 g/mol. The summed E-state index contributed by atoms with van der Waals surface area (Å²) in [5, 5.41) is 4.56. The van der Waals surface area contributed by atoms with Gasteiger partial charge in [-0.25, -0.2) is 4.98 Å². The molecule has 2 heterocycles. The predicted octanol–water partition coefficient (Wildman–Crippen LogP) is -0.286. The summed E-state index contributed by atoms with van der Waals surface area (Å²) in [6.07, 6.45) is 1.26. The number of nitrogens with zero attached hydrogens (tertiary/aromatic N) is 1. The van der Waals surface area contributed by atoms with Crippen molar-refractivity contribution in [3.05, 3.63) is 37.4 Å². The van der Waals surface area contributed by atoms with Crippen LogP contribution in [0.15, 0.2) is 21.3 Å². The minimum absolute atomic E-state index is 0.0278. The van der Waals surface area contributed by atoms with Crippen LogP contribution < -0.4 is 21.5 Å². The van der Waals surface area contributed by atoms with Gasteiger partial charge in [-0.1, -0.05) is 11.3 Å². The van der Waals surface area contributed by atoms with Crippen LogP contribution in [-0.2, 0) is 6.54 Å². The third-order valence-electron chi connectivity index (χ3n) is 1.91. The Bertz CT molecular complexity index is 599. The number of H-pyrrole nitrogens is 2. The Hall–Kier alpha value is -2.09. The molecule has 0 fully saturated rings. The lowest BCUT2D eigenvalue weighted by molar-refractivity contribution is 1.02. The summed E-state index contributed by atoms with van der Waals surface area (Å²) in [4.78, 5) is 30.7. The standard InChI is InChI=1S/C8H9N5O2S/c9-5-6(11-3-12-7(5)14)10-1-4-2-16-8(15)13-4/h2-3H,1,9H2,(H,13,15)(H2,10,11,12,14). The maximum Gasteiger partial charge on any atom is 0.304 e. The fraction of sp³-hybridized carbons (Fsp3) is 0.125. The summed E-state index contributed by atoms with van der Waals surface area (Å²) < 4.78 is 0. The van der Waals surface area contributed by atoms with Gasteiger partial charge in [-0.3, -0.25) is 9.59 Å². The van der Waals surface area contributed by atoms with E-state index in [-0.39, 0.29) is 10.6 Å². The van der Waals surface area contributed by atoms with Gasteiger partial charge in [0.1, 0.15) is 5.69 Å². The first-order valence-electron chi connectivity index (χ1n) is 4.40. The molecule has 2 rings (SSSR count). The largest absolute Gasteiger partial charge is 0.391 e. The Morgan fingerprint density at radius 2 is 2.31 bits per heavy atom. The Morgan fingerprint density at radius 3 is 3.00 bits per heavy atom. The molecule has 0 saturated carbocycles. The van der Waals surface area contributed by atoms with Crippen LogP contribution in [-0.4, -0.2) is 15.0 Å². The van der Waals surface area contributed by atoms with Gasteiger partial charge in [0.2, 0.25) is 0 Å². The summed E-state index contributed by atoms with van der Waals surface area (Å²) >= 11 is 1.08. The van der Waals surface area contributed by atoms with Crippen molar-refractivity contribution >= 4 is 22.8 Å². The summed E-state index contributed by atoms with van der Waals surface area (Å²) in [6, 6.07) is 0. The number of nitrogen functional groups attached to an aromatic ring is 1. The number of rotatable bonds is 3. The lowest BCUT2D eigenvalue weighted by Crippen LogP contribution is -2.16. The second kappa shape index (κ2) is 4.19. The van der Waals surface area contributed by atoms with Crippen molar-refractivity contribution in [1.29, 1.82) is 0 Å². The second-order valence-corrected chi connectivity index (χ2v) is 3.86. The van der Waals surface area contributed by atoms with Crippen LogP contribution in [0.25, 0.3) is 0 Å². The van der Waals surface area contributed by atoms with Crippen LogP contribution >= 0.6 is 11.3 Å². The lowest BCUT2D eigenvalue weighted by Gasteiger charge is -2.04. The molecule has 0 aliphatic carbocycles. The van der Waals surface area contributed by atoms with Crippen molar-refractivity contribution in [3.8, 4) is 0 Å². The molecule has 0 atom stereocenters. The van der Waals surface area contributed by atoms with Crippen molar-refractivity contribution in [2.24, 2.45) is 0 Å². The number of nitrogens with one attached hydrogen (secondary N) is 3. The number of thiazole rings is 1. The molecule has 16 heavy (non-hydrogen) atoms. The molecule has 7 nitrogen and oxygen atoms in total. The van der Waals surface area contributed by atoms with Gasteiger partial charge < -0.3 is 21.0 Å².